The molecule has 0 bridgehead atoms. The summed E-state index contributed by atoms with van der Waals surface area (Å²) in [7, 11) is 1.31. The van der Waals surface area contributed by atoms with Crippen LogP contribution >= 0.6 is 22.6 Å². The third kappa shape index (κ3) is 3.14. The number of aromatic nitrogens is 1. The molecule has 0 radical (unpaired) electrons. The van der Waals surface area contributed by atoms with Crippen molar-refractivity contribution in [1.29, 1.82) is 0 Å². The Kier molecular flexibility index (Phi) is 4.20. The van der Waals surface area contributed by atoms with Crippen LogP contribution < -0.4 is 11.1 Å². The molecule has 1 aromatic heterocycles. The first kappa shape index (κ1) is 13.6. The standard InChI is InChI=1S/C13H12IN3O2/c1-19-13(18)8-6-12(16-7-10(8)15)17-11-5-3-2-4-9(11)14/h2-7H,15H2,1H3,(H,16,17). The van der Waals surface area contributed by atoms with Crippen molar-refractivity contribution < 1.29 is 9.53 Å². The fourth-order valence-electron chi connectivity index (χ4n) is 1.52. The van der Waals surface area contributed by atoms with Crippen LogP contribution in [0.3, 0.4) is 0 Å². The highest BCUT2D eigenvalue weighted by Crippen LogP contribution is 2.23. The molecule has 6 heteroatoms. The molecular formula is C13H12IN3O2. The number of anilines is 3. The number of carbonyl (C=O) groups is 1. The Morgan fingerprint density at radius 3 is 2.84 bits per heavy atom. The van der Waals surface area contributed by atoms with Crippen LogP contribution in [0.1, 0.15) is 10.4 Å². The number of nitrogen functional groups attached to an aromatic ring is 1. The minimum atomic E-state index is -0.481. The van der Waals surface area contributed by atoms with E-state index in [9.17, 15) is 4.79 Å². The van der Waals surface area contributed by atoms with E-state index in [0.29, 0.717) is 17.1 Å². The summed E-state index contributed by atoms with van der Waals surface area (Å²) in [5.74, 6) is 0.0597. The van der Waals surface area contributed by atoms with Crippen LogP contribution in [0.2, 0.25) is 0 Å². The second-order valence-corrected chi connectivity index (χ2v) is 4.92. The summed E-state index contributed by atoms with van der Waals surface area (Å²) in [5.41, 5.74) is 7.20. The van der Waals surface area contributed by atoms with E-state index in [2.05, 4.69) is 37.6 Å². The number of nitrogens with zero attached hydrogens (tertiary/aromatic N) is 1. The van der Waals surface area contributed by atoms with Crippen molar-refractivity contribution >= 4 is 45.8 Å². The Labute approximate surface area is 124 Å². The number of benzene rings is 1. The number of carbonyl (C=O) groups excluding carboxylic acids is 1. The van der Waals surface area contributed by atoms with Crippen molar-refractivity contribution in [2.75, 3.05) is 18.2 Å². The van der Waals surface area contributed by atoms with E-state index in [-0.39, 0.29) is 0 Å². The lowest BCUT2D eigenvalue weighted by molar-refractivity contribution is 0.0602. The Bertz CT molecular complexity index is 617. The molecule has 0 aliphatic rings. The lowest BCUT2D eigenvalue weighted by Crippen LogP contribution is -2.07. The molecule has 5 nitrogen and oxygen atoms in total. The van der Waals surface area contributed by atoms with Gasteiger partial charge in [0.1, 0.15) is 5.82 Å². The Balaban J connectivity index is 2.32. The number of ether oxygens (including phenoxy) is 1. The highest BCUT2D eigenvalue weighted by Gasteiger charge is 2.12. The summed E-state index contributed by atoms with van der Waals surface area (Å²) in [6.45, 7) is 0. The third-order valence-electron chi connectivity index (χ3n) is 2.48. The van der Waals surface area contributed by atoms with Gasteiger partial charge in [0.25, 0.3) is 0 Å². The summed E-state index contributed by atoms with van der Waals surface area (Å²) in [5, 5.41) is 3.14. The van der Waals surface area contributed by atoms with Crippen LogP contribution in [0.15, 0.2) is 36.5 Å². The van der Waals surface area contributed by atoms with Crippen molar-refractivity contribution in [3.05, 3.63) is 45.7 Å². The number of para-hydroxylation sites is 1. The quantitative estimate of drug-likeness (QED) is 0.643. The number of hydrogen-bond acceptors (Lipinski definition) is 5. The first-order valence-corrected chi connectivity index (χ1v) is 6.55. The highest BCUT2D eigenvalue weighted by molar-refractivity contribution is 14.1. The number of hydrogen-bond donors (Lipinski definition) is 2. The Morgan fingerprint density at radius 1 is 1.42 bits per heavy atom. The lowest BCUT2D eigenvalue weighted by atomic mass is 10.2. The molecular weight excluding hydrogens is 357 g/mol. The summed E-state index contributed by atoms with van der Waals surface area (Å²) in [6, 6.07) is 9.34. The zero-order chi connectivity index (χ0) is 13.8. The molecule has 1 heterocycles. The average molecular weight is 369 g/mol. The van der Waals surface area contributed by atoms with E-state index in [1.54, 1.807) is 6.07 Å². The van der Waals surface area contributed by atoms with Gasteiger partial charge < -0.3 is 15.8 Å². The van der Waals surface area contributed by atoms with Gasteiger partial charge in [-0.3, -0.25) is 0 Å². The van der Waals surface area contributed by atoms with E-state index in [1.165, 1.54) is 13.3 Å². The molecule has 0 saturated carbocycles. The number of halogens is 1. The van der Waals surface area contributed by atoms with Crippen LogP contribution in [-0.2, 0) is 4.74 Å². The molecule has 0 amide bonds. The molecule has 0 saturated heterocycles. The van der Waals surface area contributed by atoms with E-state index < -0.39 is 5.97 Å². The van der Waals surface area contributed by atoms with Crippen LogP contribution in [-0.4, -0.2) is 18.1 Å². The predicted molar refractivity (Wildman–Crippen MR) is 82.4 cm³/mol. The molecule has 0 unspecified atom stereocenters. The van der Waals surface area contributed by atoms with Crippen molar-refractivity contribution in [1.82, 2.24) is 4.98 Å². The van der Waals surface area contributed by atoms with Gasteiger partial charge in [-0.05, 0) is 40.8 Å². The molecule has 2 rings (SSSR count). The van der Waals surface area contributed by atoms with Gasteiger partial charge in [-0.2, -0.15) is 0 Å². The summed E-state index contributed by atoms with van der Waals surface area (Å²) in [6.07, 6.45) is 1.43. The van der Waals surface area contributed by atoms with Gasteiger partial charge in [-0.15, -0.1) is 0 Å². The van der Waals surface area contributed by atoms with Crippen molar-refractivity contribution in [2.45, 2.75) is 0 Å². The van der Waals surface area contributed by atoms with E-state index in [0.717, 1.165) is 9.26 Å². The van der Waals surface area contributed by atoms with Gasteiger partial charge in [-0.1, -0.05) is 12.1 Å². The average Bonchev–Trinajstić information content (AvgIpc) is 2.42. The summed E-state index contributed by atoms with van der Waals surface area (Å²) in [4.78, 5) is 15.7. The van der Waals surface area contributed by atoms with Crippen molar-refractivity contribution in [3.63, 3.8) is 0 Å². The maximum atomic E-state index is 11.5. The van der Waals surface area contributed by atoms with Gasteiger partial charge in [-0.25, -0.2) is 9.78 Å². The molecule has 0 aliphatic carbocycles. The molecule has 19 heavy (non-hydrogen) atoms. The molecule has 0 fully saturated rings. The number of pyridine rings is 1. The number of methoxy groups -OCH3 is 1. The first-order chi connectivity index (χ1) is 9.11. The maximum absolute atomic E-state index is 11.5. The van der Waals surface area contributed by atoms with Gasteiger partial charge in [0, 0.05) is 3.57 Å². The molecule has 98 valence electrons. The zero-order valence-electron chi connectivity index (χ0n) is 10.2. The normalized spacial score (nSPS) is 10.0. The largest absolute Gasteiger partial charge is 0.465 e. The van der Waals surface area contributed by atoms with Crippen LogP contribution in [0, 0.1) is 3.57 Å². The minimum absolute atomic E-state index is 0.292. The maximum Gasteiger partial charge on any atom is 0.340 e. The molecule has 3 N–H and O–H groups in total. The van der Waals surface area contributed by atoms with E-state index >= 15 is 0 Å². The molecule has 0 spiro atoms. The Morgan fingerprint density at radius 2 is 2.16 bits per heavy atom. The third-order valence-corrected chi connectivity index (χ3v) is 3.42. The number of nitrogens with one attached hydrogen (secondary N) is 1. The molecule has 0 aliphatic heterocycles. The smallest absolute Gasteiger partial charge is 0.340 e. The minimum Gasteiger partial charge on any atom is -0.465 e. The molecule has 2 aromatic rings. The van der Waals surface area contributed by atoms with Crippen LogP contribution in [0.5, 0.6) is 0 Å². The Hall–Kier alpha value is -1.83. The van der Waals surface area contributed by atoms with Crippen LogP contribution in [0.4, 0.5) is 17.2 Å². The van der Waals surface area contributed by atoms with E-state index in [4.69, 9.17) is 5.73 Å². The highest BCUT2D eigenvalue weighted by atomic mass is 127. The van der Waals surface area contributed by atoms with Crippen LogP contribution in [0.25, 0.3) is 0 Å². The first-order valence-electron chi connectivity index (χ1n) is 5.47. The summed E-state index contributed by atoms with van der Waals surface area (Å²) < 4.78 is 5.72. The number of rotatable bonds is 3. The van der Waals surface area contributed by atoms with Gasteiger partial charge >= 0.3 is 5.97 Å². The second-order valence-electron chi connectivity index (χ2n) is 3.75. The fourth-order valence-corrected chi connectivity index (χ4v) is 2.04. The van der Waals surface area contributed by atoms with Crippen molar-refractivity contribution in [3.8, 4) is 0 Å². The molecule has 1 aromatic carbocycles. The van der Waals surface area contributed by atoms with Gasteiger partial charge in [0.15, 0.2) is 0 Å². The van der Waals surface area contributed by atoms with E-state index in [1.807, 2.05) is 24.3 Å². The lowest BCUT2D eigenvalue weighted by Gasteiger charge is -2.10. The van der Waals surface area contributed by atoms with Gasteiger partial charge in [0.2, 0.25) is 0 Å². The zero-order valence-corrected chi connectivity index (χ0v) is 12.3. The molecule has 0 atom stereocenters. The SMILES string of the molecule is COC(=O)c1cc(Nc2ccccc2I)ncc1N. The number of nitrogens with two attached hydrogens (primary N) is 1. The topological polar surface area (TPSA) is 77.2 Å². The fraction of sp³-hybridized carbons (Fsp3) is 0.0769. The predicted octanol–water partition coefficient (Wildman–Crippen LogP) is 2.80. The van der Waals surface area contributed by atoms with Gasteiger partial charge in [0.05, 0.1) is 30.2 Å². The second kappa shape index (κ2) is 5.87. The van der Waals surface area contributed by atoms with Crippen molar-refractivity contribution in [2.24, 2.45) is 0 Å². The monoisotopic (exact) mass is 369 g/mol. The summed E-state index contributed by atoms with van der Waals surface area (Å²) >= 11 is 2.22. The number of esters is 1.